The Bertz CT molecular complexity index is 1150. The van der Waals surface area contributed by atoms with Crippen LogP contribution in [0.4, 0.5) is 22.0 Å². The highest BCUT2D eigenvalue weighted by molar-refractivity contribution is 7.84. The first-order valence-corrected chi connectivity index (χ1v) is 17.0. The van der Waals surface area contributed by atoms with Gasteiger partial charge in [-0.15, -0.1) is 0 Å². The molecule has 0 radical (unpaired) electrons. The van der Waals surface area contributed by atoms with Gasteiger partial charge in [0.15, 0.2) is 6.79 Å². The predicted octanol–water partition coefficient (Wildman–Crippen LogP) is 6.08. The number of hydrogen-bond acceptors (Lipinski definition) is 5. The fourth-order valence-corrected chi connectivity index (χ4v) is 8.83. The molecule has 0 amide bonds. The minimum absolute atomic E-state index is 0.176. The fraction of sp³-hybridized carbons (Fsp3) is 0.778. The van der Waals surface area contributed by atoms with Crippen LogP contribution in [0, 0.1) is 23.2 Å². The van der Waals surface area contributed by atoms with Crippen LogP contribution in [-0.4, -0.2) is 55.6 Å². The molecule has 3 aliphatic rings. The van der Waals surface area contributed by atoms with Gasteiger partial charge in [0.05, 0.1) is 6.10 Å². The van der Waals surface area contributed by atoms with Crippen molar-refractivity contribution in [3.05, 3.63) is 29.3 Å². The third kappa shape index (κ3) is 7.52. The third-order valence-corrected chi connectivity index (χ3v) is 11.4. The molecule has 3 aliphatic carbocycles. The summed E-state index contributed by atoms with van der Waals surface area (Å²) in [7, 11) is -6.19. The molecule has 3 N–H and O–H groups in total. The van der Waals surface area contributed by atoms with Crippen LogP contribution in [0.5, 0.6) is 5.75 Å². The Morgan fingerprint density at radius 3 is 2.49 bits per heavy atom. The number of halogens is 5. The molecule has 1 aromatic carbocycles. The van der Waals surface area contributed by atoms with Crippen LogP contribution in [0.3, 0.4) is 0 Å². The minimum atomic E-state index is -5.61. The fourth-order valence-electron chi connectivity index (χ4n) is 7.48. The van der Waals surface area contributed by atoms with E-state index in [4.69, 9.17) is 14.5 Å². The van der Waals surface area contributed by atoms with E-state index in [-0.39, 0.29) is 40.8 Å². The van der Waals surface area contributed by atoms with E-state index in [0.717, 1.165) is 31.2 Å². The standard InChI is InChI=1S/C27H38F5O7PS/c1-25-11-9-21-20-6-5-19(38-16-39-40(34,35)36)15-18(20)14-17(24(21)22(25)7-8-23(25)33)4-2-12-41(37)13-3-10-26(28,29)27(30,31)32/h5-6,15,17,21-24,33H,2-4,7-14,16H2,1H3,(H2,34,35,36)/t17-,21-,22+,23+,24-,25+,41?/m1/s1. The van der Waals surface area contributed by atoms with E-state index in [9.17, 15) is 35.8 Å². The molecule has 14 heteroatoms. The van der Waals surface area contributed by atoms with Crippen LogP contribution in [0.1, 0.15) is 75.3 Å². The SMILES string of the molecule is C[C@]12CC[C@@H]3c4ccc(OCOP(=O)(O)O)cc4C[C@@H](CCCS(=O)CCCC(F)(F)C(F)(F)F)[C@H]3[C@@H]1CC[C@@H]2O. The van der Waals surface area contributed by atoms with E-state index in [1.807, 2.05) is 12.1 Å². The lowest BCUT2D eigenvalue weighted by atomic mass is 9.52. The van der Waals surface area contributed by atoms with Crippen molar-refractivity contribution >= 4 is 18.6 Å². The summed E-state index contributed by atoms with van der Waals surface area (Å²) in [5.41, 5.74) is 2.04. The maximum Gasteiger partial charge on any atom is 0.472 e. The molecule has 0 heterocycles. The molecule has 0 spiro atoms. The number of phosphoric acid groups is 1. The van der Waals surface area contributed by atoms with Gasteiger partial charge in [0, 0.05) is 28.7 Å². The molecule has 0 aliphatic heterocycles. The van der Waals surface area contributed by atoms with Crippen molar-refractivity contribution in [1.82, 2.24) is 0 Å². The van der Waals surface area contributed by atoms with Crippen molar-refractivity contribution in [3.63, 3.8) is 0 Å². The number of ether oxygens (including phenoxy) is 1. The van der Waals surface area contributed by atoms with Crippen molar-refractivity contribution in [1.29, 1.82) is 0 Å². The molecule has 7 atom stereocenters. The average molecular weight is 633 g/mol. The van der Waals surface area contributed by atoms with Gasteiger partial charge in [0.1, 0.15) is 5.75 Å². The van der Waals surface area contributed by atoms with Gasteiger partial charge in [-0.05, 0) is 104 Å². The normalized spacial score (nSPS) is 30.8. The highest BCUT2D eigenvalue weighted by atomic mass is 32.2. The summed E-state index contributed by atoms with van der Waals surface area (Å²) in [6.45, 7) is 1.54. The Kier molecular flexibility index (Phi) is 9.98. The van der Waals surface area contributed by atoms with Gasteiger partial charge in [0.2, 0.25) is 0 Å². The second kappa shape index (κ2) is 12.5. The van der Waals surface area contributed by atoms with E-state index in [0.29, 0.717) is 30.9 Å². The van der Waals surface area contributed by atoms with E-state index in [2.05, 4.69) is 11.4 Å². The first-order chi connectivity index (χ1) is 19.0. The number of benzene rings is 1. The topological polar surface area (TPSA) is 113 Å². The number of alkyl halides is 5. The van der Waals surface area contributed by atoms with E-state index in [1.54, 1.807) is 6.07 Å². The molecule has 41 heavy (non-hydrogen) atoms. The lowest BCUT2D eigenvalue weighted by molar-refractivity contribution is -0.284. The first-order valence-electron chi connectivity index (χ1n) is 13.9. The molecule has 0 aromatic heterocycles. The molecule has 7 nitrogen and oxygen atoms in total. The molecule has 4 rings (SSSR count). The summed E-state index contributed by atoms with van der Waals surface area (Å²) >= 11 is 0. The van der Waals surface area contributed by atoms with Crippen molar-refractivity contribution in [2.24, 2.45) is 23.2 Å². The zero-order valence-corrected chi connectivity index (χ0v) is 24.5. The molecule has 234 valence electrons. The number of hydrogen-bond donors (Lipinski definition) is 3. The number of fused-ring (bicyclic) bond motifs is 5. The summed E-state index contributed by atoms with van der Waals surface area (Å²) in [4.78, 5) is 17.8. The Labute approximate surface area is 238 Å². The number of aliphatic hydroxyl groups excluding tert-OH is 1. The Hall–Kier alpha value is -1.11. The van der Waals surface area contributed by atoms with Gasteiger partial charge in [-0.2, -0.15) is 22.0 Å². The lowest BCUT2D eigenvalue weighted by Crippen LogP contribution is -2.47. The Morgan fingerprint density at radius 1 is 1.10 bits per heavy atom. The molecule has 2 saturated carbocycles. The molecular formula is C27H38F5O7PS. The summed E-state index contributed by atoms with van der Waals surface area (Å²) in [6.07, 6.45) is -2.51. The van der Waals surface area contributed by atoms with Crippen LogP contribution < -0.4 is 4.74 Å². The zero-order valence-electron chi connectivity index (χ0n) is 22.8. The molecule has 0 bridgehead atoms. The Morgan fingerprint density at radius 2 is 1.80 bits per heavy atom. The van der Waals surface area contributed by atoms with Crippen LogP contribution >= 0.6 is 7.82 Å². The van der Waals surface area contributed by atoms with Gasteiger partial charge >= 0.3 is 19.9 Å². The van der Waals surface area contributed by atoms with Crippen LogP contribution in [0.2, 0.25) is 0 Å². The van der Waals surface area contributed by atoms with Crippen molar-refractivity contribution in [2.45, 2.75) is 88.8 Å². The molecule has 2 fully saturated rings. The number of rotatable bonds is 12. The monoisotopic (exact) mass is 632 g/mol. The van der Waals surface area contributed by atoms with Gasteiger partial charge in [-0.25, -0.2) is 9.09 Å². The smallest absolute Gasteiger partial charge is 0.467 e. The van der Waals surface area contributed by atoms with E-state index >= 15 is 0 Å². The number of aliphatic hydroxyl groups is 1. The van der Waals surface area contributed by atoms with E-state index in [1.165, 1.54) is 5.56 Å². The highest BCUT2D eigenvalue weighted by Gasteiger charge is 2.57. The van der Waals surface area contributed by atoms with Gasteiger partial charge in [0.25, 0.3) is 0 Å². The molecule has 1 aromatic rings. The average Bonchev–Trinajstić information content (AvgIpc) is 3.16. The number of phosphoric ester groups is 1. The van der Waals surface area contributed by atoms with Gasteiger partial charge < -0.3 is 19.6 Å². The second-order valence-corrected chi connectivity index (χ2v) is 14.9. The van der Waals surface area contributed by atoms with Gasteiger partial charge in [-0.1, -0.05) is 13.0 Å². The highest BCUT2D eigenvalue weighted by Crippen LogP contribution is 2.62. The van der Waals surface area contributed by atoms with Crippen molar-refractivity contribution < 1.29 is 54.9 Å². The van der Waals surface area contributed by atoms with Crippen molar-refractivity contribution in [2.75, 3.05) is 18.3 Å². The Balaban J connectivity index is 1.43. The molecule has 1 unspecified atom stereocenters. The minimum Gasteiger partial charge on any atom is -0.467 e. The van der Waals surface area contributed by atoms with Crippen molar-refractivity contribution in [3.8, 4) is 5.75 Å². The summed E-state index contributed by atoms with van der Waals surface area (Å²) in [6, 6.07) is 5.58. The summed E-state index contributed by atoms with van der Waals surface area (Å²) < 4.78 is 96.8. The predicted molar refractivity (Wildman–Crippen MR) is 142 cm³/mol. The maximum atomic E-state index is 13.2. The molecule has 0 saturated heterocycles. The summed E-state index contributed by atoms with van der Waals surface area (Å²) in [5.74, 6) is -3.38. The molecular weight excluding hydrogens is 594 g/mol. The zero-order chi connectivity index (χ0) is 30.2. The van der Waals surface area contributed by atoms with Gasteiger partial charge in [-0.3, -0.25) is 4.21 Å². The lowest BCUT2D eigenvalue weighted by Gasteiger charge is -2.53. The summed E-state index contributed by atoms with van der Waals surface area (Å²) in [5, 5.41) is 10.8. The first kappa shape index (κ1) is 32.8. The van der Waals surface area contributed by atoms with Crippen LogP contribution in [0.25, 0.3) is 0 Å². The third-order valence-electron chi connectivity index (χ3n) is 9.49. The largest absolute Gasteiger partial charge is 0.472 e. The van der Waals surface area contributed by atoms with Crippen LogP contribution in [0.15, 0.2) is 18.2 Å². The quantitative estimate of drug-likeness (QED) is 0.145. The maximum absolute atomic E-state index is 13.2. The van der Waals surface area contributed by atoms with E-state index < -0.39 is 50.4 Å². The second-order valence-electron chi connectivity index (χ2n) is 11.9. The van der Waals surface area contributed by atoms with Crippen LogP contribution in [-0.2, 0) is 26.3 Å².